The predicted octanol–water partition coefficient (Wildman–Crippen LogP) is 6.18. The lowest BCUT2D eigenvalue weighted by Crippen LogP contribution is -2.19. The molecule has 154 valence electrons. The normalized spacial score (nSPS) is 12.6. The smallest absolute Gasteiger partial charge is 0.119 e. The molecule has 0 aliphatic rings. The monoisotopic (exact) mass is 383 g/mol. The van der Waals surface area contributed by atoms with Crippen molar-refractivity contribution in [3.63, 3.8) is 0 Å². The Labute approximate surface area is 171 Å². The van der Waals surface area contributed by atoms with E-state index in [-0.39, 0.29) is 12.2 Å². The van der Waals surface area contributed by atoms with Crippen molar-refractivity contribution in [3.05, 3.63) is 59.7 Å². The Morgan fingerprint density at radius 2 is 1.21 bits per heavy atom. The average molecular weight is 384 g/mol. The van der Waals surface area contributed by atoms with Crippen LogP contribution in [-0.2, 0) is 6.54 Å². The molecule has 0 spiro atoms. The molecule has 2 aromatic carbocycles. The summed E-state index contributed by atoms with van der Waals surface area (Å²) < 4.78 is 11.5. The molecular weight excluding hydrogens is 346 g/mol. The molecule has 0 bridgehead atoms. The van der Waals surface area contributed by atoms with Gasteiger partial charge in [0.1, 0.15) is 11.5 Å². The predicted molar refractivity (Wildman–Crippen MR) is 118 cm³/mol. The van der Waals surface area contributed by atoms with Gasteiger partial charge in [-0.2, -0.15) is 0 Å². The maximum Gasteiger partial charge on any atom is 0.119 e. The minimum absolute atomic E-state index is 0.210. The Hall–Kier alpha value is -2.00. The highest BCUT2D eigenvalue weighted by molar-refractivity contribution is 5.30. The molecule has 0 heterocycles. The molecule has 0 radical (unpaired) electrons. The quantitative estimate of drug-likeness (QED) is 0.470. The molecule has 3 nitrogen and oxygen atoms in total. The fourth-order valence-corrected chi connectivity index (χ4v) is 3.40. The van der Waals surface area contributed by atoms with E-state index in [2.05, 4.69) is 81.5 Å². The summed E-state index contributed by atoms with van der Waals surface area (Å²) in [6.07, 6.45) is 1.54. The summed E-state index contributed by atoms with van der Waals surface area (Å²) in [5, 5.41) is 3.59. The number of hydrogen-bond acceptors (Lipinski definition) is 3. The summed E-state index contributed by atoms with van der Waals surface area (Å²) in [5.41, 5.74) is 2.68. The first kappa shape index (κ1) is 22.3. The van der Waals surface area contributed by atoms with Gasteiger partial charge in [-0.3, -0.25) is 0 Å². The molecule has 28 heavy (non-hydrogen) atoms. The molecule has 1 atom stereocenters. The Morgan fingerprint density at radius 1 is 0.714 bits per heavy atom. The van der Waals surface area contributed by atoms with E-state index in [0.29, 0.717) is 11.8 Å². The van der Waals surface area contributed by atoms with E-state index in [1.165, 1.54) is 11.1 Å². The lowest BCUT2D eigenvalue weighted by atomic mass is 9.86. The highest BCUT2D eigenvalue weighted by Crippen LogP contribution is 2.29. The van der Waals surface area contributed by atoms with Gasteiger partial charge in [-0.25, -0.2) is 0 Å². The van der Waals surface area contributed by atoms with Gasteiger partial charge in [0, 0.05) is 6.54 Å². The zero-order valence-electron chi connectivity index (χ0n) is 18.4. The van der Waals surface area contributed by atoms with Gasteiger partial charge in [0.2, 0.25) is 0 Å². The summed E-state index contributed by atoms with van der Waals surface area (Å²) in [6.45, 7) is 14.7. The minimum atomic E-state index is 0.210. The molecule has 0 amide bonds. The van der Waals surface area contributed by atoms with Gasteiger partial charge in [0.15, 0.2) is 0 Å². The molecular formula is C25H37NO2. The van der Waals surface area contributed by atoms with Crippen molar-refractivity contribution < 1.29 is 9.47 Å². The van der Waals surface area contributed by atoms with Crippen molar-refractivity contribution in [3.8, 4) is 11.5 Å². The molecule has 0 aliphatic heterocycles. The number of ether oxygens (including phenoxy) is 2. The average Bonchev–Trinajstić information content (AvgIpc) is 2.63. The van der Waals surface area contributed by atoms with E-state index < -0.39 is 0 Å². The second-order valence-electron chi connectivity index (χ2n) is 8.36. The summed E-state index contributed by atoms with van der Waals surface area (Å²) >= 11 is 0. The first-order valence-electron chi connectivity index (χ1n) is 10.6. The minimum Gasteiger partial charge on any atom is -0.491 e. The van der Waals surface area contributed by atoms with Gasteiger partial charge >= 0.3 is 0 Å². The molecule has 0 unspecified atom stereocenters. The molecule has 2 rings (SSSR count). The third-order valence-electron chi connectivity index (χ3n) is 4.74. The maximum atomic E-state index is 5.77. The van der Waals surface area contributed by atoms with Gasteiger partial charge in [-0.05, 0) is 87.9 Å². The van der Waals surface area contributed by atoms with Gasteiger partial charge in [-0.15, -0.1) is 0 Å². The zero-order valence-corrected chi connectivity index (χ0v) is 18.4. The van der Waals surface area contributed by atoms with Gasteiger partial charge in [-0.1, -0.05) is 38.1 Å². The van der Waals surface area contributed by atoms with Crippen molar-refractivity contribution in [2.24, 2.45) is 5.92 Å². The van der Waals surface area contributed by atoms with Gasteiger partial charge in [0.05, 0.1) is 12.2 Å². The molecule has 0 aromatic heterocycles. The molecule has 2 aromatic rings. The van der Waals surface area contributed by atoms with Crippen LogP contribution in [0.5, 0.6) is 11.5 Å². The van der Waals surface area contributed by atoms with Crippen molar-refractivity contribution in [2.45, 2.75) is 72.6 Å². The van der Waals surface area contributed by atoms with Crippen LogP contribution in [0.4, 0.5) is 0 Å². The largest absolute Gasteiger partial charge is 0.491 e. The summed E-state index contributed by atoms with van der Waals surface area (Å²) in [7, 11) is 0. The highest BCUT2D eigenvalue weighted by Gasteiger charge is 2.15. The van der Waals surface area contributed by atoms with Crippen molar-refractivity contribution in [1.29, 1.82) is 0 Å². The molecule has 0 aliphatic carbocycles. The van der Waals surface area contributed by atoms with E-state index >= 15 is 0 Å². The second kappa shape index (κ2) is 11.1. The number of rotatable bonds is 11. The first-order chi connectivity index (χ1) is 13.3. The van der Waals surface area contributed by atoms with Crippen molar-refractivity contribution in [2.75, 3.05) is 6.54 Å². The van der Waals surface area contributed by atoms with E-state index in [1.807, 2.05) is 13.8 Å². The fourth-order valence-electron chi connectivity index (χ4n) is 3.40. The van der Waals surface area contributed by atoms with E-state index in [4.69, 9.17) is 9.47 Å². The second-order valence-corrected chi connectivity index (χ2v) is 8.36. The van der Waals surface area contributed by atoms with Crippen LogP contribution in [0.3, 0.4) is 0 Å². The van der Waals surface area contributed by atoms with Crippen LogP contribution < -0.4 is 14.8 Å². The fraction of sp³-hybridized carbons (Fsp3) is 0.520. The van der Waals surface area contributed by atoms with Gasteiger partial charge in [0.25, 0.3) is 0 Å². The third-order valence-corrected chi connectivity index (χ3v) is 4.74. The van der Waals surface area contributed by atoms with Crippen molar-refractivity contribution in [1.82, 2.24) is 5.32 Å². The number of nitrogens with one attached hydrogen (secondary N) is 1. The molecule has 1 N–H and O–H groups in total. The van der Waals surface area contributed by atoms with E-state index in [0.717, 1.165) is 31.0 Å². The third kappa shape index (κ3) is 7.55. The van der Waals surface area contributed by atoms with Crippen LogP contribution in [0.2, 0.25) is 0 Å². The molecule has 0 saturated carbocycles. The highest BCUT2D eigenvalue weighted by atomic mass is 16.5. The van der Waals surface area contributed by atoms with Crippen LogP contribution in [0, 0.1) is 5.92 Å². The van der Waals surface area contributed by atoms with E-state index in [1.54, 1.807) is 0 Å². The Kier molecular flexibility index (Phi) is 8.85. The zero-order chi connectivity index (χ0) is 20.5. The lowest BCUT2D eigenvalue weighted by Gasteiger charge is -2.22. The standard InChI is InChI=1S/C25H37NO2/c1-18(2)25(22-9-13-24(14-10-22)28-20(5)6)15-16-26-17-21-7-11-23(12-8-21)27-19(3)4/h7-14,18-20,25-26H,15-17H2,1-6H3/t25-/m1/s1. The molecule has 3 heteroatoms. The van der Waals surface area contributed by atoms with Crippen molar-refractivity contribution >= 4 is 0 Å². The number of benzene rings is 2. The molecule has 0 fully saturated rings. The maximum absolute atomic E-state index is 5.77. The van der Waals surface area contributed by atoms with Crippen LogP contribution in [0.15, 0.2) is 48.5 Å². The Morgan fingerprint density at radius 3 is 1.68 bits per heavy atom. The molecule has 0 saturated heterocycles. The topological polar surface area (TPSA) is 30.5 Å². The Balaban J connectivity index is 1.83. The SMILES string of the molecule is CC(C)Oc1ccc(CNCC[C@@H](c2ccc(OC(C)C)cc2)C(C)C)cc1. The van der Waals surface area contributed by atoms with Crippen LogP contribution in [-0.4, -0.2) is 18.8 Å². The first-order valence-corrected chi connectivity index (χ1v) is 10.6. The summed E-state index contributed by atoms with van der Waals surface area (Å²) in [6, 6.07) is 17.0. The van der Waals surface area contributed by atoms with Crippen LogP contribution >= 0.6 is 0 Å². The van der Waals surface area contributed by atoms with E-state index in [9.17, 15) is 0 Å². The van der Waals surface area contributed by atoms with Crippen LogP contribution in [0.1, 0.15) is 65.0 Å². The summed E-state index contributed by atoms with van der Waals surface area (Å²) in [4.78, 5) is 0. The van der Waals surface area contributed by atoms with Crippen LogP contribution in [0.25, 0.3) is 0 Å². The number of hydrogen-bond donors (Lipinski definition) is 1. The lowest BCUT2D eigenvalue weighted by molar-refractivity contribution is 0.242. The van der Waals surface area contributed by atoms with Gasteiger partial charge < -0.3 is 14.8 Å². The summed E-state index contributed by atoms with van der Waals surface area (Å²) in [5.74, 6) is 3.03. The Bertz CT molecular complexity index is 675.